The van der Waals surface area contributed by atoms with Gasteiger partial charge in [-0.1, -0.05) is 37.8 Å². The number of anilines is 2. The van der Waals surface area contributed by atoms with Crippen molar-refractivity contribution in [3.8, 4) is 0 Å². The maximum absolute atomic E-state index is 13.5. The van der Waals surface area contributed by atoms with Gasteiger partial charge in [-0.2, -0.15) is 0 Å². The van der Waals surface area contributed by atoms with E-state index in [9.17, 15) is 9.59 Å². The molecule has 2 aromatic heterocycles. The van der Waals surface area contributed by atoms with Crippen LogP contribution < -0.4 is 16.4 Å². The number of urea groups is 1. The molecule has 166 valence electrons. The number of hydrogen-bond acceptors (Lipinski definition) is 5. The average Bonchev–Trinajstić information content (AvgIpc) is 3.54. The quantitative estimate of drug-likeness (QED) is 0.516. The highest BCUT2D eigenvalue weighted by Crippen LogP contribution is 2.35. The van der Waals surface area contributed by atoms with Gasteiger partial charge in [-0.3, -0.25) is 4.79 Å². The summed E-state index contributed by atoms with van der Waals surface area (Å²) in [6.07, 6.45) is 12.1. The lowest BCUT2D eigenvalue weighted by molar-refractivity contribution is 0.104. The van der Waals surface area contributed by atoms with E-state index in [2.05, 4.69) is 25.2 Å². The molecule has 2 saturated carbocycles. The van der Waals surface area contributed by atoms with Crippen LogP contribution in [-0.4, -0.2) is 32.4 Å². The average molecular weight is 433 g/mol. The Morgan fingerprint density at radius 1 is 1.03 bits per heavy atom. The van der Waals surface area contributed by atoms with Crippen molar-refractivity contribution in [2.75, 3.05) is 11.1 Å². The Kier molecular flexibility index (Phi) is 5.51. The molecule has 0 radical (unpaired) electrons. The molecule has 4 N–H and O–H groups in total. The minimum absolute atomic E-state index is 0.159. The van der Waals surface area contributed by atoms with Crippen LogP contribution in [-0.2, 0) is 0 Å². The second kappa shape index (κ2) is 8.61. The van der Waals surface area contributed by atoms with Gasteiger partial charge in [-0.25, -0.2) is 14.8 Å². The topological polar surface area (TPSA) is 115 Å². The van der Waals surface area contributed by atoms with Gasteiger partial charge in [0.1, 0.15) is 17.8 Å². The van der Waals surface area contributed by atoms with Gasteiger partial charge in [-0.15, -0.1) is 0 Å². The number of ketones is 1. The van der Waals surface area contributed by atoms with Crippen molar-refractivity contribution in [2.45, 2.75) is 63.5 Å². The van der Waals surface area contributed by atoms with Gasteiger partial charge in [0.25, 0.3) is 0 Å². The first-order chi connectivity index (χ1) is 15.6. The molecule has 2 amide bonds. The van der Waals surface area contributed by atoms with E-state index < -0.39 is 0 Å². The molecular weight excluding hydrogens is 404 g/mol. The van der Waals surface area contributed by atoms with Crippen LogP contribution in [0.3, 0.4) is 0 Å². The molecule has 0 unspecified atom stereocenters. The fourth-order valence-electron chi connectivity index (χ4n) is 5.06. The molecule has 8 nitrogen and oxygen atoms in total. The minimum Gasteiger partial charge on any atom is -0.383 e. The summed E-state index contributed by atoms with van der Waals surface area (Å²) in [5.74, 6) is 0.147. The van der Waals surface area contributed by atoms with Gasteiger partial charge in [-0.05, 0) is 37.8 Å². The van der Waals surface area contributed by atoms with E-state index in [0.717, 1.165) is 38.5 Å². The molecule has 8 heteroatoms. The second-order valence-corrected chi connectivity index (χ2v) is 8.84. The molecule has 32 heavy (non-hydrogen) atoms. The zero-order chi connectivity index (χ0) is 22.1. The maximum Gasteiger partial charge on any atom is 0.319 e. The van der Waals surface area contributed by atoms with Crippen molar-refractivity contribution in [3.05, 3.63) is 47.9 Å². The van der Waals surface area contributed by atoms with E-state index in [1.54, 1.807) is 24.3 Å². The molecule has 0 spiro atoms. The predicted octanol–water partition coefficient (Wildman–Crippen LogP) is 4.42. The zero-order valence-electron chi connectivity index (χ0n) is 18.0. The lowest BCUT2D eigenvalue weighted by atomic mass is 10.0. The van der Waals surface area contributed by atoms with Crippen molar-refractivity contribution in [1.29, 1.82) is 0 Å². The Morgan fingerprint density at radius 2 is 1.78 bits per heavy atom. The first kappa shape index (κ1) is 20.5. The Morgan fingerprint density at radius 3 is 2.56 bits per heavy atom. The summed E-state index contributed by atoms with van der Waals surface area (Å²) in [7, 11) is 0. The number of fused-ring (bicyclic) bond motifs is 1. The number of nitrogens with zero attached hydrogens (tertiary/aromatic N) is 3. The van der Waals surface area contributed by atoms with Gasteiger partial charge < -0.3 is 20.9 Å². The molecular formula is C24H28N6O2. The van der Waals surface area contributed by atoms with E-state index in [0.29, 0.717) is 39.7 Å². The first-order valence-corrected chi connectivity index (χ1v) is 11.4. The van der Waals surface area contributed by atoms with Crippen LogP contribution in [0.25, 0.3) is 11.0 Å². The van der Waals surface area contributed by atoms with Crippen molar-refractivity contribution >= 4 is 34.4 Å². The van der Waals surface area contributed by atoms with E-state index in [-0.39, 0.29) is 17.9 Å². The summed E-state index contributed by atoms with van der Waals surface area (Å²) in [5, 5.41) is 6.46. The molecule has 0 aliphatic heterocycles. The zero-order valence-corrected chi connectivity index (χ0v) is 18.0. The fourth-order valence-corrected chi connectivity index (χ4v) is 5.06. The van der Waals surface area contributed by atoms with Gasteiger partial charge in [0.15, 0.2) is 5.78 Å². The van der Waals surface area contributed by atoms with Crippen LogP contribution in [0.2, 0.25) is 0 Å². The number of rotatable bonds is 5. The van der Waals surface area contributed by atoms with E-state index in [1.165, 1.54) is 19.2 Å². The standard InChI is InChI=1S/C24H28N6O2/c25-22-20-19(13-30(18-10-3-4-11-18)23(20)27-14-26-22)21(31)15-6-5-9-17(12-15)29-24(32)28-16-7-1-2-8-16/h5-6,9,12-14,16,18H,1-4,7-8,10-11H2,(H2,25,26,27)(H2,28,29,32). The summed E-state index contributed by atoms with van der Waals surface area (Å²) in [4.78, 5) is 34.4. The van der Waals surface area contributed by atoms with Gasteiger partial charge in [0.05, 0.1) is 10.9 Å². The normalized spacial score (nSPS) is 17.1. The molecule has 3 aromatic rings. The predicted molar refractivity (Wildman–Crippen MR) is 124 cm³/mol. The molecule has 2 heterocycles. The highest BCUT2D eigenvalue weighted by molar-refractivity contribution is 6.18. The number of nitrogens with two attached hydrogens (primary N) is 1. The highest BCUT2D eigenvalue weighted by atomic mass is 16.2. The van der Waals surface area contributed by atoms with Crippen molar-refractivity contribution in [3.63, 3.8) is 0 Å². The van der Waals surface area contributed by atoms with Gasteiger partial charge in [0, 0.05) is 29.5 Å². The number of aromatic nitrogens is 3. The lowest BCUT2D eigenvalue weighted by Crippen LogP contribution is -2.36. The molecule has 1 aromatic carbocycles. The third-order valence-corrected chi connectivity index (χ3v) is 6.67. The van der Waals surface area contributed by atoms with E-state index >= 15 is 0 Å². The smallest absolute Gasteiger partial charge is 0.319 e. The summed E-state index contributed by atoms with van der Waals surface area (Å²) in [6.45, 7) is 0. The molecule has 2 aliphatic rings. The van der Waals surface area contributed by atoms with Crippen LogP contribution >= 0.6 is 0 Å². The fraction of sp³-hybridized carbons (Fsp3) is 0.417. The molecule has 0 bridgehead atoms. The van der Waals surface area contributed by atoms with Crippen LogP contribution in [0.4, 0.5) is 16.3 Å². The molecule has 2 aliphatic carbocycles. The molecule has 0 atom stereocenters. The Balaban J connectivity index is 1.43. The molecule has 2 fully saturated rings. The first-order valence-electron chi connectivity index (χ1n) is 11.4. The lowest BCUT2D eigenvalue weighted by Gasteiger charge is -2.13. The third kappa shape index (κ3) is 3.92. The monoisotopic (exact) mass is 432 g/mol. The largest absolute Gasteiger partial charge is 0.383 e. The summed E-state index contributed by atoms with van der Waals surface area (Å²) in [5.41, 5.74) is 8.44. The van der Waals surface area contributed by atoms with Crippen LogP contribution in [0.1, 0.15) is 73.3 Å². The van der Waals surface area contributed by atoms with Crippen LogP contribution in [0, 0.1) is 0 Å². The molecule has 5 rings (SSSR count). The van der Waals surface area contributed by atoms with E-state index in [4.69, 9.17) is 5.73 Å². The number of hydrogen-bond donors (Lipinski definition) is 3. The van der Waals surface area contributed by atoms with Crippen LogP contribution in [0.5, 0.6) is 0 Å². The maximum atomic E-state index is 13.5. The van der Waals surface area contributed by atoms with E-state index in [1.807, 2.05) is 6.20 Å². The van der Waals surface area contributed by atoms with Crippen LogP contribution in [0.15, 0.2) is 36.8 Å². The Bertz CT molecular complexity index is 1160. The summed E-state index contributed by atoms with van der Waals surface area (Å²) in [6, 6.07) is 7.32. The highest BCUT2D eigenvalue weighted by Gasteiger charge is 2.25. The van der Waals surface area contributed by atoms with Crippen molar-refractivity contribution in [1.82, 2.24) is 19.9 Å². The Labute approximate surface area is 186 Å². The number of carbonyl (C=O) groups excluding carboxylic acids is 2. The number of carbonyl (C=O) groups is 2. The second-order valence-electron chi connectivity index (χ2n) is 8.84. The van der Waals surface area contributed by atoms with Crippen molar-refractivity contribution < 1.29 is 9.59 Å². The number of benzene rings is 1. The van der Waals surface area contributed by atoms with Gasteiger partial charge in [0.2, 0.25) is 0 Å². The SMILES string of the molecule is Nc1ncnc2c1c(C(=O)c1cccc(NC(=O)NC3CCCC3)c1)cn2C1CCCC1. The summed E-state index contributed by atoms with van der Waals surface area (Å²) < 4.78 is 2.09. The number of nitrogens with one attached hydrogen (secondary N) is 2. The van der Waals surface area contributed by atoms with Crippen molar-refractivity contribution in [2.24, 2.45) is 0 Å². The third-order valence-electron chi connectivity index (χ3n) is 6.67. The Hall–Kier alpha value is -3.42. The number of amides is 2. The van der Waals surface area contributed by atoms with Gasteiger partial charge >= 0.3 is 6.03 Å². The molecule has 0 saturated heterocycles. The number of nitrogen functional groups attached to an aromatic ring is 1. The summed E-state index contributed by atoms with van der Waals surface area (Å²) >= 11 is 0. The minimum atomic E-state index is -0.239.